The maximum absolute atomic E-state index is 11.7. The molecule has 2 heterocycles. The molecule has 0 bridgehead atoms. The average molecular weight is 230 g/mol. The second kappa shape index (κ2) is 5.72. The van der Waals surface area contributed by atoms with Gasteiger partial charge in [0.1, 0.15) is 0 Å². The van der Waals surface area contributed by atoms with Gasteiger partial charge >= 0.3 is 0 Å². The second-order valence-corrected chi connectivity index (χ2v) is 5.21. The summed E-state index contributed by atoms with van der Waals surface area (Å²) in [5.74, 6) is 2.67. The first-order valence-corrected chi connectivity index (χ1v) is 6.68. The number of carbonyl (C=O) groups excluding carboxylic acids is 1. The van der Waals surface area contributed by atoms with Crippen LogP contribution < -0.4 is 10.6 Å². The Kier molecular flexibility index (Phi) is 4.29. The molecule has 0 aromatic rings. The lowest BCUT2D eigenvalue weighted by molar-refractivity contribution is -0.122. The molecule has 0 aromatic heterocycles. The predicted molar refractivity (Wildman–Crippen MR) is 61.1 cm³/mol. The molecule has 15 heavy (non-hydrogen) atoms. The summed E-state index contributed by atoms with van der Waals surface area (Å²) in [6, 6.07) is 0.00562. The molecule has 1 amide bonds. The van der Waals surface area contributed by atoms with Crippen molar-refractivity contribution in [3.63, 3.8) is 0 Å². The number of nitrogens with one attached hydrogen (secondary N) is 2. The van der Waals surface area contributed by atoms with Gasteiger partial charge in [0.25, 0.3) is 0 Å². The van der Waals surface area contributed by atoms with Crippen LogP contribution in [0.25, 0.3) is 0 Å². The lowest BCUT2D eigenvalue weighted by Crippen LogP contribution is -2.49. The summed E-state index contributed by atoms with van der Waals surface area (Å²) in [6.45, 7) is 3.35. The Morgan fingerprint density at radius 3 is 3.20 bits per heavy atom. The van der Waals surface area contributed by atoms with Crippen molar-refractivity contribution in [2.45, 2.75) is 12.5 Å². The third-order valence-corrected chi connectivity index (χ3v) is 3.89. The lowest BCUT2D eigenvalue weighted by atomic mass is 10.1. The summed E-state index contributed by atoms with van der Waals surface area (Å²) >= 11 is 1.84. The number of hydrogen-bond donors (Lipinski definition) is 2. The predicted octanol–water partition coefficient (Wildman–Crippen LogP) is -0.156. The van der Waals surface area contributed by atoms with Gasteiger partial charge in [-0.3, -0.25) is 4.79 Å². The summed E-state index contributed by atoms with van der Waals surface area (Å²) in [6.07, 6.45) is 1.08. The summed E-state index contributed by atoms with van der Waals surface area (Å²) in [7, 11) is 0. The van der Waals surface area contributed by atoms with E-state index in [2.05, 4.69) is 10.6 Å². The van der Waals surface area contributed by atoms with Gasteiger partial charge in [-0.05, 0) is 6.42 Å². The van der Waals surface area contributed by atoms with Crippen LogP contribution in [0.5, 0.6) is 0 Å². The molecular weight excluding hydrogens is 212 g/mol. The number of hydrogen-bond acceptors (Lipinski definition) is 4. The van der Waals surface area contributed by atoms with E-state index in [9.17, 15) is 4.79 Å². The van der Waals surface area contributed by atoms with Crippen LogP contribution in [-0.4, -0.2) is 49.8 Å². The van der Waals surface area contributed by atoms with Crippen LogP contribution in [0.3, 0.4) is 0 Å². The van der Waals surface area contributed by atoms with Crippen LogP contribution in [0.1, 0.15) is 6.42 Å². The highest BCUT2D eigenvalue weighted by molar-refractivity contribution is 7.99. The van der Waals surface area contributed by atoms with Gasteiger partial charge in [0.2, 0.25) is 5.91 Å². The first kappa shape index (κ1) is 11.2. The molecule has 0 aromatic carbocycles. The van der Waals surface area contributed by atoms with Crippen molar-refractivity contribution in [1.82, 2.24) is 10.6 Å². The first-order valence-electron chi connectivity index (χ1n) is 5.53. The standard InChI is InChI=1S/C10H18N2O2S/c13-10(9-7-15-4-2-11-9)12-5-8-1-3-14-6-8/h8-9,11H,1-7H2,(H,12,13). The van der Waals surface area contributed by atoms with Gasteiger partial charge in [0, 0.05) is 37.1 Å². The fourth-order valence-electron chi connectivity index (χ4n) is 1.85. The SMILES string of the molecule is O=C(NCC1CCOC1)C1CSCCN1. The Labute approximate surface area is 94.5 Å². The maximum atomic E-state index is 11.7. The zero-order valence-corrected chi connectivity index (χ0v) is 9.65. The van der Waals surface area contributed by atoms with Gasteiger partial charge < -0.3 is 15.4 Å². The Bertz CT molecular complexity index is 213. The fraction of sp³-hybridized carbons (Fsp3) is 0.900. The van der Waals surface area contributed by atoms with Crippen molar-refractivity contribution in [2.24, 2.45) is 5.92 Å². The minimum absolute atomic E-state index is 0.00562. The zero-order chi connectivity index (χ0) is 10.5. The Morgan fingerprint density at radius 1 is 1.60 bits per heavy atom. The summed E-state index contributed by atoms with van der Waals surface area (Å²) in [5.41, 5.74) is 0. The highest BCUT2D eigenvalue weighted by Crippen LogP contribution is 2.11. The zero-order valence-electron chi connectivity index (χ0n) is 8.83. The number of thioether (sulfide) groups is 1. The van der Waals surface area contributed by atoms with E-state index in [1.54, 1.807) is 0 Å². The van der Waals surface area contributed by atoms with E-state index in [0.29, 0.717) is 5.92 Å². The smallest absolute Gasteiger partial charge is 0.238 e. The van der Waals surface area contributed by atoms with Crippen LogP contribution in [0.15, 0.2) is 0 Å². The van der Waals surface area contributed by atoms with Gasteiger partial charge in [-0.15, -0.1) is 0 Å². The van der Waals surface area contributed by atoms with E-state index >= 15 is 0 Å². The molecule has 2 fully saturated rings. The Morgan fingerprint density at radius 2 is 2.53 bits per heavy atom. The van der Waals surface area contributed by atoms with Crippen molar-refractivity contribution in [3.8, 4) is 0 Å². The van der Waals surface area contributed by atoms with Crippen molar-refractivity contribution in [2.75, 3.05) is 37.8 Å². The maximum Gasteiger partial charge on any atom is 0.238 e. The number of rotatable bonds is 3. The van der Waals surface area contributed by atoms with Crippen LogP contribution in [0.4, 0.5) is 0 Å². The third kappa shape index (κ3) is 3.36. The Balaban J connectivity index is 1.66. The second-order valence-electron chi connectivity index (χ2n) is 4.06. The molecule has 2 rings (SSSR count). The largest absolute Gasteiger partial charge is 0.381 e. The molecule has 2 aliphatic rings. The fourth-order valence-corrected chi connectivity index (χ4v) is 2.78. The molecule has 2 unspecified atom stereocenters. The van der Waals surface area contributed by atoms with Crippen LogP contribution >= 0.6 is 11.8 Å². The number of ether oxygens (including phenoxy) is 1. The quantitative estimate of drug-likeness (QED) is 0.707. The van der Waals surface area contributed by atoms with Gasteiger partial charge in [-0.2, -0.15) is 11.8 Å². The average Bonchev–Trinajstić information content (AvgIpc) is 2.80. The van der Waals surface area contributed by atoms with E-state index in [4.69, 9.17) is 4.74 Å². The molecule has 2 N–H and O–H groups in total. The monoisotopic (exact) mass is 230 g/mol. The lowest BCUT2D eigenvalue weighted by Gasteiger charge is -2.22. The van der Waals surface area contributed by atoms with Crippen LogP contribution in [-0.2, 0) is 9.53 Å². The first-order chi connectivity index (χ1) is 7.36. The van der Waals surface area contributed by atoms with E-state index in [1.807, 2.05) is 11.8 Å². The Hall–Kier alpha value is -0.260. The summed E-state index contributed by atoms with van der Waals surface area (Å²) in [5, 5.41) is 6.23. The van der Waals surface area contributed by atoms with Gasteiger partial charge in [0.15, 0.2) is 0 Å². The van der Waals surface area contributed by atoms with Crippen molar-refractivity contribution in [3.05, 3.63) is 0 Å². The van der Waals surface area contributed by atoms with Gasteiger partial charge in [-0.1, -0.05) is 0 Å². The van der Waals surface area contributed by atoms with E-state index in [-0.39, 0.29) is 11.9 Å². The van der Waals surface area contributed by atoms with Gasteiger partial charge in [-0.25, -0.2) is 0 Å². The molecule has 0 aliphatic carbocycles. The molecule has 2 aliphatic heterocycles. The molecule has 4 nitrogen and oxygen atoms in total. The van der Waals surface area contributed by atoms with E-state index < -0.39 is 0 Å². The molecule has 0 spiro atoms. The normalized spacial score (nSPS) is 31.5. The molecule has 0 saturated carbocycles. The van der Waals surface area contributed by atoms with Crippen molar-refractivity contribution >= 4 is 17.7 Å². The molecule has 86 valence electrons. The minimum atomic E-state index is 0.00562. The molecule has 2 atom stereocenters. The van der Waals surface area contributed by atoms with Crippen molar-refractivity contribution in [1.29, 1.82) is 0 Å². The van der Waals surface area contributed by atoms with Crippen LogP contribution in [0, 0.1) is 5.92 Å². The highest BCUT2D eigenvalue weighted by Gasteiger charge is 2.22. The molecule has 5 heteroatoms. The van der Waals surface area contributed by atoms with Gasteiger partial charge in [0.05, 0.1) is 12.6 Å². The number of carbonyl (C=O) groups is 1. The van der Waals surface area contributed by atoms with Crippen LogP contribution in [0.2, 0.25) is 0 Å². The summed E-state index contributed by atoms with van der Waals surface area (Å²) in [4.78, 5) is 11.7. The number of amides is 1. The molecule has 2 saturated heterocycles. The molecular formula is C10H18N2O2S. The summed E-state index contributed by atoms with van der Waals surface area (Å²) < 4.78 is 5.26. The highest BCUT2D eigenvalue weighted by atomic mass is 32.2. The topological polar surface area (TPSA) is 50.4 Å². The molecule has 0 radical (unpaired) electrons. The van der Waals surface area contributed by atoms with E-state index in [1.165, 1.54) is 0 Å². The van der Waals surface area contributed by atoms with Crippen molar-refractivity contribution < 1.29 is 9.53 Å². The third-order valence-electron chi connectivity index (χ3n) is 2.83. The van der Waals surface area contributed by atoms with E-state index in [0.717, 1.165) is 44.2 Å². The minimum Gasteiger partial charge on any atom is -0.381 e.